The van der Waals surface area contributed by atoms with Crippen LogP contribution in [-0.4, -0.2) is 29.7 Å². The lowest BCUT2D eigenvalue weighted by molar-refractivity contribution is -0.125. The molecule has 0 saturated carbocycles. The number of hydrogen-bond donors (Lipinski definition) is 3. The smallest absolute Gasteiger partial charge is 0.237 e. The first-order valence-electron chi connectivity index (χ1n) is 10.6. The Morgan fingerprint density at radius 3 is 2.35 bits per heavy atom. The molecule has 0 aliphatic rings. The molecule has 2 atom stereocenters. The Balaban J connectivity index is 1.72. The van der Waals surface area contributed by atoms with E-state index >= 15 is 0 Å². The third-order valence-electron chi connectivity index (χ3n) is 5.13. The monoisotopic (exact) mass is 435 g/mol. The Kier molecular flexibility index (Phi) is 8.64. The van der Waals surface area contributed by atoms with Crippen LogP contribution in [0.25, 0.3) is 10.8 Å². The lowest BCUT2D eigenvalue weighted by Crippen LogP contribution is -2.48. The fraction of sp³-hybridized carbons (Fsp3) is 0.280. The Hall–Kier alpha value is -2.67. The standard InChI is InChI=1S/C25H29N3O2S/c26-15-7-6-12-22(27)24(29)28-23(16-18-8-2-1-3-9-18)25(30)31-21-14-13-19-10-4-5-11-20(19)17-21/h1-5,8-11,13-14,17,22-23H,6-7,12,15-16,26-27H2,(H,28,29)/t22-,23-/m1/s1. The van der Waals surface area contributed by atoms with Gasteiger partial charge in [-0.15, -0.1) is 0 Å². The van der Waals surface area contributed by atoms with Gasteiger partial charge in [-0.25, -0.2) is 0 Å². The van der Waals surface area contributed by atoms with Gasteiger partial charge in [-0.3, -0.25) is 9.59 Å². The van der Waals surface area contributed by atoms with Crippen LogP contribution in [0.1, 0.15) is 24.8 Å². The Morgan fingerprint density at radius 1 is 0.903 bits per heavy atom. The van der Waals surface area contributed by atoms with Gasteiger partial charge in [0.2, 0.25) is 11.0 Å². The number of carbonyl (C=O) groups excluding carboxylic acids is 2. The molecule has 0 bridgehead atoms. The van der Waals surface area contributed by atoms with E-state index in [4.69, 9.17) is 11.5 Å². The van der Waals surface area contributed by atoms with Crippen molar-refractivity contribution in [3.63, 3.8) is 0 Å². The van der Waals surface area contributed by atoms with Crippen LogP contribution in [0.15, 0.2) is 77.7 Å². The van der Waals surface area contributed by atoms with E-state index in [0.717, 1.165) is 45.8 Å². The van der Waals surface area contributed by atoms with E-state index < -0.39 is 12.1 Å². The largest absolute Gasteiger partial charge is 0.344 e. The normalized spacial score (nSPS) is 13.0. The van der Waals surface area contributed by atoms with Crippen LogP contribution in [0, 0.1) is 0 Å². The average Bonchev–Trinajstić information content (AvgIpc) is 2.79. The molecule has 0 radical (unpaired) electrons. The molecule has 3 aromatic carbocycles. The number of nitrogens with two attached hydrogens (primary N) is 2. The summed E-state index contributed by atoms with van der Waals surface area (Å²) in [7, 11) is 0. The van der Waals surface area contributed by atoms with Crippen molar-refractivity contribution in [3.8, 4) is 0 Å². The molecular weight excluding hydrogens is 406 g/mol. The van der Waals surface area contributed by atoms with Crippen LogP contribution in [0.5, 0.6) is 0 Å². The Labute approximate surface area is 187 Å². The molecule has 0 saturated heterocycles. The fourth-order valence-corrected chi connectivity index (χ4v) is 4.22. The highest BCUT2D eigenvalue weighted by Crippen LogP contribution is 2.26. The molecule has 1 amide bonds. The predicted molar refractivity (Wildman–Crippen MR) is 128 cm³/mol. The lowest BCUT2D eigenvalue weighted by Gasteiger charge is -2.20. The lowest BCUT2D eigenvalue weighted by atomic mass is 10.1. The predicted octanol–water partition coefficient (Wildman–Crippen LogP) is 3.64. The highest BCUT2D eigenvalue weighted by molar-refractivity contribution is 8.13. The summed E-state index contributed by atoms with van der Waals surface area (Å²) in [5.41, 5.74) is 12.5. The first kappa shape index (κ1) is 23.0. The van der Waals surface area contributed by atoms with Crippen molar-refractivity contribution in [3.05, 3.63) is 78.4 Å². The van der Waals surface area contributed by atoms with E-state index in [1.807, 2.05) is 72.8 Å². The van der Waals surface area contributed by atoms with Crippen LogP contribution in [0.2, 0.25) is 0 Å². The second-order valence-electron chi connectivity index (χ2n) is 7.57. The van der Waals surface area contributed by atoms with Gasteiger partial charge < -0.3 is 16.8 Å². The SMILES string of the molecule is NCCCC[C@@H](N)C(=O)N[C@H](Cc1ccccc1)C(=O)Sc1ccc2ccccc2c1. The summed E-state index contributed by atoms with van der Waals surface area (Å²) in [6, 6.07) is 22.3. The number of rotatable bonds is 10. The summed E-state index contributed by atoms with van der Waals surface area (Å²) in [6.45, 7) is 0.575. The summed E-state index contributed by atoms with van der Waals surface area (Å²) < 4.78 is 0. The van der Waals surface area contributed by atoms with E-state index in [1.165, 1.54) is 0 Å². The zero-order valence-corrected chi connectivity index (χ0v) is 18.3. The van der Waals surface area contributed by atoms with Crippen LogP contribution in [0.4, 0.5) is 0 Å². The molecule has 0 fully saturated rings. The van der Waals surface area contributed by atoms with Gasteiger partial charge in [-0.05, 0) is 59.6 Å². The van der Waals surface area contributed by atoms with Crippen molar-refractivity contribution in [1.29, 1.82) is 0 Å². The molecule has 5 N–H and O–H groups in total. The molecule has 3 rings (SSSR count). The minimum Gasteiger partial charge on any atom is -0.344 e. The van der Waals surface area contributed by atoms with Gasteiger partial charge in [0.05, 0.1) is 6.04 Å². The molecule has 3 aromatic rings. The van der Waals surface area contributed by atoms with Gasteiger partial charge in [0.15, 0.2) is 0 Å². The number of fused-ring (bicyclic) bond motifs is 1. The van der Waals surface area contributed by atoms with Gasteiger partial charge in [-0.2, -0.15) is 0 Å². The van der Waals surface area contributed by atoms with Crippen LogP contribution < -0.4 is 16.8 Å². The highest BCUT2D eigenvalue weighted by Gasteiger charge is 2.25. The van der Waals surface area contributed by atoms with Crippen molar-refractivity contribution in [2.24, 2.45) is 11.5 Å². The summed E-state index contributed by atoms with van der Waals surface area (Å²) in [6.07, 6.45) is 2.58. The van der Waals surface area contributed by atoms with Crippen molar-refractivity contribution in [2.45, 2.75) is 42.7 Å². The van der Waals surface area contributed by atoms with Gasteiger partial charge in [0.25, 0.3) is 0 Å². The molecule has 0 heterocycles. The summed E-state index contributed by atoms with van der Waals surface area (Å²) in [5.74, 6) is -0.301. The van der Waals surface area contributed by atoms with Crippen molar-refractivity contribution in [2.75, 3.05) is 6.54 Å². The number of amides is 1. The Bertz CT molecular complexity index is 1010. The number of nitrogens with one attached hydrogen (secondary N) is 1. The zero-order valence-electron chi connectivity index (χ0n) is 17.5. The van der Waals surface area contributed by atoms with Crippen molar-refractivity contribution < 1.29 is 9.59 Å². The van der Waals surface area contributed by atoms with Crippen LogP contribution >= 0.6 is 11.8 Å². The van der Waals surface area contributed by atoms with E-state index in [0.29, 0.717) is 19.4 Å². The van der Waals surface area contributed by atoms with E-state index in [9.17, 15) is 9.59 Å². The van der Waals surface area contributed by atoms with E-state index in [2.05, 4.69) is 5.32 Å². The maximum absolute atomic E-state index is 13.2. The quantitative estimate of drug-likeness (QED) is 0.334. The van der Waals surface area contributed by atoms with Crippen molar-refractivity contribution >= 4 is 33.6 Å². The summed E-state index contributed by atoms with van der Waals surface area (Å²) in [4.78, 5) is 26.7. The first-order chi connectivity index (χ1) is 15.1. The fourth-order valence-electron chi connectivity index (χ4n) is 3.38. The average molecular weight is 436 g/mol. The van der Waals surface area contributed by atoms with Crippen LogP contribution in [-0.2, 0) is 16.0 Å². The minimum absolute atomic E-state index is 0.110. The van der Waals surface area contributed by atoms with E-state index in [-0.39, 0.29) is 11.0 Å². The van der Waals surface area contributed by atoms with Gasteiger partial charge in [-0.1, -0.05) is 67.1 Å². The summed E-state index contributed by atoms with van der Waals surface area (Å²) >= 11 is 1.15. The molecule has 0 unspecified atom stereocenters. The van der Waals surface area contributed by atoms with Crippen molar-refractivity contribution in [1.82, 2.24) is 5.32 Å². The molecule has 0 spiro atoms. The van der Waals surface area contributed by atoms with Gasteiger partial charge >= 0.3 is 0 Å². The molecule has 6 heteroatoms. The topological polar surface area (TPSA) is 98.2 Å². The molecule has 0 aliphatic heterocycles. The molecule has 0 aliphatic carbocycles. The zero-order chi connectivity index (χ0) is 22.1. The van der Waals surface area contributed by atoms with Gasteiger partial charge in [0, 0.05) is 11.3 Å². The molecule has 5 nitrogen and oxygen atoms in total. The molecule has 31 heavy (non-hydrogen) atoms. The second-order valence-corrected chi connectivity index (χ2v) is 8.65. The Morgan fingerprint density at radius 2 is 1.61 bits per heavy atom. The maximum Gasteiger partial charge on any atom is 0.237 e. The number of benzene rings is 3. The maximum atomic E-state index is 13.2. The van der Waals surface area contributed by atoms with Crippen LogP contribution in [0.3, 0.4) is 0 Å². The number of hydrogen-bond acceptors (Lipinski definition) is 5. The molecule has 162 valence electrons. The molecular formula is C25H29N3O2S. The minimum atomic E-state index is -0.660. The third-order valence-corrected chi connectivity index (χ3v) is 6.10. The number of unbranched alkanes of at least 4 members (excludes halogenated alkanes) is 1. The second kappa shape index (κ2) is 11.6. The number of carbonyl (C=O) groups is 2. The number of thioether (sulfide) groups is 1. The summed E-state index contributed by atoms with van der Waals surface area (Å²) in [5, 5.41) is 4.97. The highest BCUT2D eigenvalue weighted by atomic mass is 32.2. The van der Waals surface area contributed by atoms with Gasteiger partial charge in [0.1, 0.15) is 6.04 Å². The molecule has 0 aromatic heterocycles. The third kappa shape index (κ3) is 6.92. The first-order valence-corrected chi connectivity index (χ1v) is 11.4. The van der Waals surface area contributed by atoms with E-state index in [1.54, 1.807) is 0 Å².